The van der Waals surface area contributed by atoms with E-state index in [4.69, 9.17) is 0 Å². The predicted octanol–water partition coefficient (Wildman–Crippen LogP) is 2.06. The van der Waals surface area contributed by atoms with Gasteiger partial charge in [-0.3, -0.25) is 9.80 Å². The highest BCUT2D eigenvalue weighted by Gasteiger charge is 2.22. The standard InChI is InChI=1S/C11H16N2O/c1-4-8-12-9-7-10(5-2)11(14)13(12)6-3/h4,6-8H,3,5,9H2,1-2H3/b8-4-. The van der Waals surface area contributed by atoms with Crippen LogP contribution in [0.25, 0.3) is 0 Å². The molecule has 0 N–H and O–H groups in total. The van der Waals surface area contributed by atoms with Crippen LogP contribution >= 0.6 is 0 Å². The van der Waals surface area contributed by atoms with Gasteiger partial charge in [0.05, 0.1) is 6.54 Å². The van der Waals surface area contributed by atoms with Gasteiger partial charge in [-0.05, 0) is 13.3 Å². The average molecular weight is 192 g/mol. The Labute approximate surface area is 85.0 Å². The zero-order valence-corrected chi connectivity index (χ0v) is 8.73. The molecule has 1 heterocycles. The van der Waals surface area contributed by atoms with E-state index < -0.39 is 0 Å². The number of hydrogen-bond donors (Lipinski definition) is 0. The lowest BCUT2D eigenvalue weighted by Crippen LogP contribution is -2.43. The Morgan fingerprint density at radius 3 is 2.86 bits per heavy atom. The number of allylic oxidation sites excluding steroid dienone is 1. The van der Waals surface area contributed by atoms with Crippen molar-refractivity contribution in [1.82, 2.24) is 10.0 Å². The van der Waals surface area contributed by atoms with Crippen LogP contribution in [-0.4, -0.2) is 22.5 Å². The number of hydrazine groups is 1. The molecule has 14 heavy (non-hydrogen) atoms. The van der Waals surface area contributed by atoms with Crippen molar-refractivity contribution in [3.05, 3.63) is 36.7 Å². The Bertz CT molecular complexity index is 292. The van der Waals surface area contributed by atoms with Crippen LogP contribution in [0.4, 0.5) is 0 Å². The highest BCUT2D eigenvalue weighted by atomic mass is 16.2. The van der Waals surface area contributed by atoms with Crippen molar-refractivity contribution < 1.29 is 4.79 Å². The van der Waals surface area contributed by atoms with Crippen LogP contribution in [0.5, 0.6) is 0 Å². The summed E-state index contributed by atoms with van der Waals surface area (Å²) in [6.07, 6.45) is 8.04. The van der Waals surface area contributed by atoms with Crippen LogP contribution in [0, 0.1) is 0 Å². The zero-order valence-electron chi connectivity index (χ0n) is 8.73. The van der Waals surface area contributed by atoms with Crippen molar-refractivity contribution in [3.63, 3.8) is 0 Å². The molecule has 1 aliphatic heterocycles. The summed E-state index contributed by atoms with van der Waals surface area (Å²) in [4.78, 5) is 11.8. The third-order valence-electron chi connectivity index (χ3n) is 2.16. The molecule has 0 aromatic heterocycles. The second-order valence-corrected chi connectivity index (χ2v) is 3.02. The van der Waals surface area contributed by atoms with Crippen LogP contribution in [0.2, 0.25) is 0 Å². The van der Waals surface area contributed by atoms with Crippen LogP contribution in [-0.2, 0) is 4.79 Å². The minimum Gasteiger partial charge on any atom is -0.282 e. The first-order chi connectivity index (χ1) is 6.74. The van der Waals surface area contributed by atoms with E-state index in [2.05, 4.69) is 6.58 Å². The molecule has 0 fully saturated rings. The maximum absolute atomic E-state index is 11.8. The smallest absolute Gasteiger partial charge is 0.272 e. The quantitative estimate of drug-likeness (QED) is 0.683. The molecule has 0 aromatic carbocycles. The van der Waals surface area contributed by atoms with E-state index in [1.165, 1.54) is 0 Å². The summed E-state index contributed by atoms with van der Waals surface area (Å²) >= 11 is 0. The monoisotopic (exact) mass is 192 g/mol. The molecule has 1 amide bonds. The lowest BCUT2D eigenvalue weighted by Gasteiger charge is -2.34. The third-order valence-corrected chi connectivity index (χ3v) is 2.16. The van der Waals surface area contributed by atoms with E-state index in [1.807, 2.05) is 37.2 Å². The Balaban J connectivity index is 2.91. The molecule has 0 unspecified atom stereocenters. The molecule has 1 rings (SSSR count). The number of carbonyl (C=O) groups is 1. The van der Waals surface area contributed by atoms with E-state index in [0.717, 1.165) is 18.5 Å². The first kappa shape index (κ1) is 10.6. The first-order valence-corrected chi connectivity index (χ1v) is 4.79. The molecule has 0 aliphatic carbocycles. The van der Waals surface area contributed by atoms with Crippen molar-refractivity contribution in [1.29, 1.82) is 0 Å². The molecule has 3 nitrogen and oxygen atoms in total. The number of nitrogens with zero attached hydrogens (tertiary/aromatic N) is 2. The second kappa shape index (κ2) is 4.65. The van der Waals surface area contributed by atoms with Crippen LogP contribution in [0.15, 0.2) is 36.7 Å². The topological polar surface area (TPSA) is 23.6 Å². The SMILES string of the molecule is C=CN1C(=O)C(CC)=CCN1/C=C\C. The fraction of sp³-hybridized carbons (Fsp3) is 0.364. The summed E-state index contributed by atoms with van der Waals surface area (Å²) in [7, 11) is 0. The van der Waals surface area contributed by atoms with Gasteiger partial charge in [-0.2, -0.15) is 0 Å². The summed E-state index contributed by atoms with van der Waals surface area (Å²) in [6.45, 7) is 8.27. The number of rotatable bonds is 3. The fourth-order valence-corrected chi connectivity index (χ4v) is 1.43. The van der Waals surface area contributed by atoms with E-state index in [-0.39, 0.29) is 5.91 Å². The summed E-state index contributed by atoms with van der Waals surface area (Å²) in [6, 6.07) is 0. The molecule has 0 saturated heterocycles. The van der Waals surface area contributed by atoms with Gasteiger partial charge in [-0.1, -0.05) is 25.7 Å². The maximum atomic E-state index is 11.8. The maximum Gasteiger partial charge on any atom is 0.272 e. The third kappa shape index (κ3) is 1.87. The van der Waals surface area contributed by atoms with Gasteiger partial charge in [-0.25, -0.2) is 5.01 Å². The summed E-state index contributed by atoms with van der Waals surface area (Å²) < 4.78 is 0. The van der Waals surface area contributed by atoms with Gasteiger partial charge in [0, 0.05) is 18.0 Å². The van der Waals surface area contributed by atoms with Gasteiger partial charge in [-0.15, -0.1) is 0 Å². The van der Waals surface area contributed by atoms with Crippen molar-refractivity contribution in [2.45, 2.75) is 20.3 Å². The lowest BCUT2D eigenvalue weighted by molar-refractivity contribution is -0.135. The van der Waals surface area contributed by atoms with Gasteiger partial charge in [0.1, 0.15) is 0 Å². The number of hydrogen-bond acceptors (Lipinski definition) is 2. The summed E-state index contributed by atoms with van der Waals surface area (Å²) in [5.41, 5.74) is 0.852. The average Bonchev–Trinajstić information content (AvgIpc) is 2.19. The van der Waals surface area contributed by atoms with E-state index in [9.17, 15) is 4.79 Å². The molecule has 0 bridgehead atoms. The molecule has 0 saturated carbocycles. The molecule has 0 spiro atoms. The molecule has 3 heteroatoms. The number of amides is 1. The molecular formula is C11H16N2O. The minimum absolute atomic E-state index is 0.0202. The highest BCUT2D eigenvalue weighted by Crippen LogP contribution is 2.15. The van der Waals surface area contributed by atoms with Crippen molar-refractivity contribution >= 4 is 5.91 Å². The van der Waals surface area contributed by atoms with Crippen molar-refractivity contribution in [2.75, 3.05) is 6.54 Å². The largest absolute Gasteiger partial charge is 0.282 e. The predicted molar refractivity (Wildman–Crippen MR) is 56.9 cm³/mol. The van der Waals surface area contributed by atoms with Crippen molar-refractivity contribution in [3.8, 4) is 0 Å². The van der Waals surface area contributed by atoms with Crippen LogP contribution in [0.3, 0.4) is 0 Å². The van der Waals surface area contributed by atoms with E-state index >= 15 is 0 Å². The first-order valence-electron chi connectivity index (χ1n) is 4.79. The zero-order chi connectivity index (χ0) is 10.6. The van der Waals surface area contributed by atoms with Gasteiger partial charge >= 0.3 is 0 Å². The Morgan fingerprint density at radius 2 is 2.36 bits per heavy atom. The Hall–Kier alpha value is -1.51. The van der Waals surface area contributed by atoms with Gasteiger partial charge in [0.15, 0.2) is 0 Å². The minimum atomic E-state index is 0.0202. The molecule has 1 aliphatic rings. The summed E-state index contributed by atoms with van der Waals surface area (Å²) in [5.74, 6) is 0.0202. The Kier molecular flexibility index (Phi) is 3.51. The highest BCUT2D eigenvalue weighted by molar-refractivity contribution is 5.94. The lowest BCUT2D eigenvalue weighted by atomic mass is 10.1. The van der Waals surface area contributed by atoms with Crippen molar-refractivity contribution in [2.24, 2.45) is 0 Å². The Morgan fingerprint density at radius 1 is 1.64 bits per heavy atom. The van der Waals surface area contributed by atoms with Crippen LogP contribution in [0.1, 0.15) is 20.3 Å². The molecule has 0 radical (unpaired) electrons. The number of carbonyl (C=O) groups excluding carboxylic acids is 1. The fourth-order valence-electron chi connectivity index (χ4n) is 1.43. The normalized spacial score (nSPS) is 17.6. The van der Waals surface area contributed by atoms with E-state index in [0.29, 0.717) is 0 Å². The molecule has 0 atom stereocenters. The van der Waals surface area contributed by atoms with Gasteiger partial charge < -0.3 is 0 Å². The molecule has 76 valence electrons. The van der Waals surface area contributed by atoms with Crippen LogP contribution < -0.4 is 0 Å². The van der Waals surface area contributed by atoms with E-state index in [1.54, 1.807) is 11.2 Å². The summed E-state index contributed by atoms with van der Waals surface area (Å²) in [5, 5.41) is 3.37. The molecular weight excluding hydrogens is 176 g/mol. The van der Waals surface area contributed by atoms with Gasteiger partial charge in [0.2, 0.25) is 0 Å². The second-order valence-electron chi connectivity index (χ2n) is 3.02. The molecule has 0 aromatic rings. The van der Waals surface area contributed by atoms with Gasteiger partial charge in [0.25, 0.3) is 5.91 Å².